The van der Waals surface area contributed by atoms with Crippen LogP contribution < -0.4 is 5.32 Å². The minimum absolute atomic E-state index is 0.121. The van der Waals surface area contributed by atoms with Crippen LogP contribution in [0.2, 0.25) is 0 Å². The SMILES string of the molecule is O=C(NCCSCCCO)c1cc2occc2[nH]1. The van der Waals surface area contributed by atoms with Gasteiger partial charge in [-0.15, -0.1) is 0 Å². The number of fused-ring (bicyclic) bond motifs is 1. The molecule has 0 radical (unpaired) electrons. The molecule has 0 aliphatic heterocycles. The molecule has 2 aromatic rings. The van der Waals surface area contributed by atoms with E-state index >= 15 is 0 Å². The Bertz CT molecular complexity index is 478. The van der Waals surface area contributed by atoms with Gasteiger partial charge in [-0.05, 0) is 12.2 Å². The number of hydrogen-bond acceptors (Lipinski definition) is 4. The van der Waals surface area contributed by atoms with Gasteiger partial charge < -0.3 is 19.8 Å². The van der Waals surface area contributed by atoms with E-state index in [1.165, 1.54) is 0 Å². The molecule has 0 aromatic carbocycles. The average Bonchev–Trinajstić information content (AvgIpc) is 2.93. The van der Waals surface area contributed by atoms with Crippen molar-refractivity contribution in [2.24, 2.45) is 0 Å². The standard InChI is InChI=1S/C12H16N2O3S/c15-4-1-6-18-7-3-13-12(16)10-8-11-9(14-10)2-5-17-11/h2,5,8,14-15H,1,3-4,6-7H2,(H,13,16). The molecule has 0 aliphatic rings. The Morgan fingerprint density at radius 1 is 1.50 bits per heavy atom. The number of H-pyrrole nitrogens is 1. The lowest BCUT2D eigenvalue weighted by Gasteiger charge is -2.03. The zero-order valence-corrected chi connectivity index (χ0v) is 10.8. The van der Waals surface area contributed by atoms with Crippen LogP contribution in [0.25, 0.3) is 11.1 Å². The number of carbonyl (C=O) groups is 1. The molecule has 18 heavy (non-hydrogen) atoms. The topological polar surface area (TPSA) is 78.3 Å². The number of rotatable bonds is 7. The smallest absolute Gasteiger partial charge is 0.267 e. The highest BCUT2D eigenvalue weighted by Crippen LogP contribution is 2.15. The summed E-state index contributed by atoms with van der Waals surface area (Å²) in [5, 5.41) is 11.4. The zero-order chi connectivity index (χ0) is 12.8. The molecule has 0 saturated carbocycles. The van der Waals surface area contributed by atoms with Crippen LogP contribution in [0.5, 0.6) is 0 Å². The summed E-state index contributed by atoms with van der Waals surface area (Å²) in [5.74, 6) is 1.65. The van der Waals surface area contributed by atoms with Crippen LogP contribution >= 0.6 is 11.8 Å². The molecule has 2 rings (SSSR count). The number of aromatic amines is 1. The van der Waals surface area contributed by atoms with E-state index in [1.54, 1.807) is 30.2 Å². The van der Waals surface area contributed by atoms with Crippen molar-refractivity contribution in [3.05, 3.63) is 24.1 Å². The molecule has 0 bridgehead atoms. The molecule has 0 aliphatic carbocycles. The molecule has 2 aromatic heterocycles. The fourth-order valence-corrected chi connectivity index (χ4v) is 2.35. The van der Waals surface area contributed by atoms with Crippen LogP contribution in [0, 0.1) is 0 Å². The molecule has 6 heteroatoms. The van der Waals surface area contributed by atoms with E-state index in [0.29, 0.717) is 17.8 Å². The molecule has 5 nitrogen and oxygen atoms in total. The molecule has 0 atom stereocenters. The molecule has 0 saturated heterocycles. The molecule has 0 fully saturated rings. The van der Waals surface area contributed by atoms with Gasteiger partial charge in [-0.3, -0.25) is 4.79 Å². The van der Waals surface area contributed by atoms with Crippen LogP contribution in [0.1, 0.15) is 16.9 Å². The second-order valence-electron chi connectivity index (χ2n) is 3.83. The maximum atomic E-state index is 11.8. The van der Waals surface area contributed by atoms with E-state index in [4.69, 9.17) is 9.52 Å². The van der Waals surface area contributed by atoms with Crippen molar-refractivity contribution in [2.75, 3.05) is 24.7 Å². The third kappa shape index (κ3) is 3.30. The molecule has 0 unspecified atom stereocenters. The third-order valence-electron chi connectivity index (χ3n) is 2.46. The maximum Gasteiger partial charge on any atom is 0.267 e. The quantitative estimate of drug-likeness (QED) is 0.667. The molecule has 3 N–H and O–H groups in total. The number of furan rings is 1. The highest BCUT2D eigenvalue weighted by molar-refractivity contribution is 7.99. The number of nitrogens with one attached hydrogen (secondary N) is 2. The largest absolute Gasteiger partial charge is 0.463 e. The zero-order valence-electron chi connectivity index (χ0n) is 9.94. The van der Waals surface area contributed by atoms with Crippen molar-refractivity contribution >= 4 is 28.8 Å². The lowest BCUT2D eigenvalue weighted by Crippen LogP contribution is -2.26. The van der Waals surface area contributed by atoms with Crippen molar-refractivity contribution in [3.63, 3.8) is 0 Å². The first-order chi connectivity index (χ1) is 8.81. The summed E-state index contributed by atoms with van der Waals surface area (Å²) in [6.07, 6.45) is 2.38. The summed E-state index contributed by atoms with van der Waals surface area (Å²) >= 11 is 1.72. The number of aliphatic hydroxyl groups excluding tert-OH is 1. The minimum Gasteiger partial charge on any atom is -0.463 e. The molecule has 0 spiro atoms. The number of hydrogen-bond donors (Lipinski definition) is 3. The van der Waals surface area contributed by atoms with Crippen molar-refractivity contribution in [1.82, 2.24) is 10.3 Å². The first-order valence-corrected chi connectivity index (χ1v) is 7.00. The monoisotopic (exact) mass is 268 g/mol. The van der Waals surface area contributed by atoms with E-state index < -0.39 is 0 Å². The van der Waals surface area contributed by atoms with Crippen LogP contribution in [-0.4, -0.2) is 40.7 Å². The van der Waals surface area contributed by atoms with E-state index in [2.05, 4.69) is 10.3 Å². The van der Waals surface area contributed by atoms with E-state index in [1.807, 2.05) is 0 Å². The predicted octanol–water partition coefficient (Wildman–Crippen LogP) is 1.61. The normalized spacial score (nSPS) is 10.9. The van der Waals surface area contributed by atoms with Gasteiger partial charge in [0.2, 0.25) is 0 Å². The van der Waals surface area contributed by atoms with Gasteiger partial charge in [0, 0.05) is 31.0 Å². The van der Waals surface area contributed by atoms with Crippen LogP contribution in [0.15, 0.2) is 22.8 Å². The van der Waals surface area contributed by atoms with E-state index in [-0.39, 0.29) is 12.5 Å². The Morgan fingerprint density at radius 3 is 3.17 bits per heavy atom. The van der Waals surface area contributed by atoms with Gasteiger partial charge in [0.1, 0.15) is 5.69 Å². The molecule has 1 amide bonds. The number of carbonyl (C=O) groups excluding carboxylic acids is 1. The van der Waals surface area contributed by atoms with Gasteiger partial charge >= 0.3 is 0 Å². The first-order valence-electron chi connectivity index (χ1n) is 5.84. The molecule has 2 heterocycles. The van der Waals surface area contributed by atoms with Gasteiger partial charge in [0.15, 0.2) is 5.58 Å². The summed E-state index contributed by atoms with van der Waals surface area (Å²) in [5.41, 5.74) is 2.04. The Labute approximate surface area is 109 Å². The molecular weight excluding hydrogens is 252 g/mol. The highest BCUT2D eigenvalue weighted by Gasteiger charge is 2.10. The third-order valence-corrected chi connectivity index (χ3v) is 3.53. The Kier molecular flexibility index (Phi) is 4.72. The highest BCUT2D eigenvalue weighted by atomic mass is 32.2. The van der Waals surface area contributed by atoms with Gasteiger partial charge in [0.05, 0.1) is 11.8 Å². The fraction of sp³-hybridized carbons (Fsp3) is 0.417. The predicted molar refractivity (Wildman–Crippen MR) is 71.9 cm³/mol. The lowest BCUT2D eigenvalue weighted by molar-refractivity contribution is 0.0952. The maximum absolute atomic E-state index is 11.8. The summed E-state index contributed by atoms with van der Waals surface area (Å²) in [6.45, 7) is 0.843. The second-order valence-corrected chi connectivity index (χ2v) is 5.05. The minimum atomic E-state index is -0.121. The van der Waals surface area contributed by atoms with Crippen LogP contribution in [0.4, 0.5) is 0 Å². The van der Waals surface area contributed by atoms with Gasteiger partial charge in [0.25, 0.3) is 5.91 Å². The van der Waals surface area contributed by atoms with Crippen molar-refractivity contribution in [2.45, 2.75) is 6.42 Å². The van der Waals surface area contributed by atoms with Crippen LogP contribution in [0.3, 0.4) is 0 Å². The summed E-state index contributed by atoms with van der Waals surface area (Å²) < 4.78 is 5.18. The number of thioether (sulfide) groups is 1. The number of aromatic nitrogens is 1. The number of aliphatic hydroxyl groups is 1. The summed E-state index contributed by atoms with van der Waals surface area (Å²) in [6, 6.07) is 3.49. The van der Waals surface area contributed by atoms with Crippen molar-refractivity contribution in [3.8, 4) is 0 Å². The fourth-order valence-electron chi connectivity index (χ4n) is 1.57. The van der Waals surface area contributed by atoms with Crippen molar-refractivity contribution in [1.29, 1.82) is 0 Å². The van der Waals surface area contributed by atoms with Crippen LogP contribution in [-0.2, 0) is 0 Å². The van der Waals surface area contributed by atoms with Crippen molar-refractivity contribution < 1.29 is 14.3 Å². The lowest BCUT2D eigenvalue weighted by atomic mass is 10.4. The van der Waals surface area contributed by atoms with Gasteiger partial charge in [-0.25, -0.2) is 0 Å². The summed E-state index contributed by atoms with van der Waals surface area (Å²) in [4.78, 5) is 14.8. The first kappa shape index (κ1) is 13.0. The Morgan fingerprint density at radius 2 is 2.39 bits per heavy atom. The molecule has 98 valence electrons. The summed E-state index contributed by atoms with van der Waals surface area (Å²) in [7, 11) is 0. The van der Waals surface area contributed by atoms with Gasteiger partial charge in [-0.1, -0.05) is 0 Å². The second kappa shape index (κ2) is 6.51. The van der Waals surface area contributed by atoms with E-state index in [0.717, 1.165) is 23.4 Å². The Hall–Kier alpha value is -1.40. The average molecular weight is 268 g/mol. The molecular formula is C12H16N2O3S. The number of amides is 1. The Balaban J connectivity index is 1.73. The van der Waals surface area contributed by atoms with Gasteiger partial charge in [-0.2, -0.15) is 11.8 Å². The van der Waals surface area contributed by atoms with E-state index in [9.17, 15) is 4.79 Å².